The maximum atomic E-state index is 12.9. The van der Waals surface area contributed by atoms with E-state index in [1.54, 1.807) is 23.1 Å². The summed E-state index contributed by atoms with van der Waals surface area (Å²) in [4.78, 5) is 27.6. The van der Waals surface area contributed by atoms with Crippen LogP contribution in [0.2, 0.25) is 0 Å². The molecule has 1 aliphatic heterocycles. The van der Waals surface area contributed by atoms with Crippen LogP contribution >= 0.6 is 23.1 Å². The molecule has 0 unspecified atom stereocenters. The molecular weight excluding hydrogens is 350 g/mol. The molecule has 1 aromatic heterocycles. The molecular formula is C20H19NO2S2. The van der Waals surface area contributed by atoms with Crippen molar-refractivity contribution in [1.82, 2.24) is 5.32 Å². The molecule has 0 bridgehead atoms. The number of allylic oxidation sites excluding steroid dienone is 2. The predicted octanol–water partition coefficient (Wildman–Crippen LogP) is 4.47. The van der Waals surface area contributed by atoms with Gasteiger partial charge in [0.2, 0.25) is 5.91 Å². The fourth-order valence-electron chi connectivity index (χ4n) is 3.81. The van der Waals surface area contributed by atoms with Crippen LogP contribution in [0.1, 0.15) is 41.5 Å². The van der Waals surface area contributed by atoms with Crippen molar-refractivity contribution in [1.29, 1.82) is 0 Å². The van der Waals surface area contributed by atoms with Gasteiger partial charge in [0.05, 0.1) is 0 Å². The molecule has 0 radical (unpaired) electrons. The molecule has 1 N–H and O–H groups in total. The number of hydrogen-bond acceptors (Lipinski definition) is 4. The van der Waals surface area contributed by atoms with E-state index in [4.69, 9.17) is 0 Å². The normalized spacial score (nSPS) is 23.4. The average Bonchev–Trinajstić information content (AvgIpc) is 3.15. The third kappa shape index (κ3) is 3.18. The van der Waals surface area contributed by atoms with E-state index in [-0.39, 0.29) is 23.5 Å². The number of nitrogens with one attached hydrogen (secondary N) is 1. The summed E-state index contributed by atoms with van der Waals surface area (Å²) < 4.78 is 0. The fourth-order valence-corrected chi connectivity index (χ4v) is 5.04. The lowest BCUT2D eigenvalue weighted by atomic mass is 9.75. The first kappa shape index (κ1) is 16.6. The maximum Gasteiger partial charge on any atom is 0.225 e. The Bertz CT molecular complexity index is 837. The van der Waals surface area contributed by atoms with E-state index in [0.717, 1.165) is 23.3 Å². The van der Waals surface area contributed by atoms with E-state index in [1.807, 2.05) is 17.7 Å². The summed E-state index contributed by atoms with van der Waals surface area (Å²) >= 11 is 3.37. The highest BCUT2D eigenvalue weighted by atomic mass is 32.2. The molecule has 25 heavy (non-hydrogen) atoms. The fraction of sp³-hybridized carbons (Fsp3) is 0.300. The molecule has 0 spiro atoms. The van der Waals surface area contributed by atoms with Gasteiger partial charge in [-0.25, -0.2) is 0 Å². The van der Waals surface area contributed by atoms with Gasteiger partial charge in [-0.1, -0.05) is 18.2 Å². The van der Waals surface area contributed by atoms with Crippen molar-refractivity contribution in [2.24, 2.45) is 0 Å². The van der Waals surface area contributed by atoms with Crippen molar-refractivity contribution in [2.75, 3.05) is 6.26 Å². The molecule has 4 rings (SSSR count). The Morgan fingerprint density at radius 2 is 1.88 bits per heavy atom. The highest BCUT2D eigenvalue weighted by Crippen LogP contribution is 2.43. The Morgan fingerprint density at radius 3 is 2.56 bits per heavy atom. The molecule has 2 aromatic rings. The second kappa shape index (κ2) is 6.81. The first-order valence-electron chi connectivity index (χ1n) is 8.39. The quantitative estimate of drug-likeness (QED) is 0.812. The number of thiophene rings is 1. The van der Waals surface area contributed by atoms with E-state index < -0.39 is 0 Å². The highest BCUT2D eigenvalue weighted by molar-refractivity contribution is 7.98. The van der Waals surface area contributed by atoms with Crippen molar-refractivity contribution in [3.63, 3.8) is 0 Å². The van der Waals surface area contributed by atoms with Crippen molar-refractivity contribution >= 4 is 34.8 Å². The topological polar surface area (TPSA) is 46.2 Å². The summed E-state index contributed by atoms with van der Waals surface area (Å²) in [6.07, 6.45) is 3.67. The monoisotopic (exact) mass is 369 g/mol. The average molecular weight is 370 g/mol. The minimum Gasteiger partial charge on any atom is -0.329 e. The van der Waals surface area contributed by atoms with E-state index >= 15 is 0 Å². The van der Waals surface area contributed by atoms with Gasteiger partial charge < -0.3 is 5.32 Å². The van der Waals surface area contributed by atoms with Crippen LogP contribution in [0.15, 0.2) is 57.9 Å². The van der Waals surface area contributed by atoms with Crippen molar-refractivity contribution in [3.05, 3.63) is 63.5 Å². The largest absolute Gasteiger partial charge is 0.329 e. The molecule has 1 amide bonds. The molecule has 3 nitrogen and oxygen atoms in total. The zero-order chi connectivity index (χ0) is 17.4. The van der Waals surface area contributed by atoms with E-state index in [9.17, 15) is 9.59 Å². The Hall–Kier alpha value is -1.85. The third-order valence-corrected chi connectivity index (χ3v) is 6.78. The highest BCUT2D eigenvalue weighted by Gasteiger charge is 2.38. The van der Waals surface area contributed by atoms with Gasteiger partial charge in [0.1, 0.15) is 0 Å². The molecule has 128 valence electrons. The number of carbonyl (C=O) groups excluding carboxylic acids is 2. The lowest BCUT2D eigenvalue weighted by Crippen LogP contribution is -2.38. The molecule has 2 heterocycles. The molecule has 5 heteroatoms. The van der Waals surface area contributed by atoms with Gasteiger partial charge in [-0.15, -0.1) is 23.1 Å². The number of carbonyl (C=O) groups is 2. The van der Waals surface area contributed by atoms with Gasteiger partial charge in [0, 0.05) is 45.7 Å². The minimum absolute atomic E-state index is 0.0114. The molecule has 1 aliphatic carbocycles. The van der Waals surface area contributed by atoms with Crippen LogP contribution in [0.25, 0.3) is 0 Å². The molecule has 0 saturated heterocycles. The number of thioether (sulfide) groups is 1. The zero-order valence-electron chi connectivity index (χ0n) is 14.0. The smallest absolute Gasteiger partial charge is 0.225 e. The van der Waals surface area contributed by atoms with Crippen LogP contribution in [0.5, 0.6) is 0 Å². The van der Waals surface area contributed by atoms with E-state index in [1.165, 1.54) is 9.77 Å². The van der Waals surface area contributed by atoms with E-state index in [0.29, 0.717) is 12.8 Å². The SMILES string of the molecule is CSc1ccc([C@H]2CC(=O)NC3=C2C(=O)C[C@H](c2cccs2)C3)cc1. The lowest BCUT2D eigenvalue weighted by molar-refractivity contribution is -0.122. The van der Waals surface area contributed by atoms with Crippen LogP contribution in [-0.4, -0.2) is 17.9 Å². The van der Waals surface area contributed by atoms with Crippen LogP contribution in [0.4, 0.5) is 0 Å². The van der Waals surface area contributed by atoms with Gasteiger partial charge in [-0.2, -0.15) is 0 Å². The molecule has 2 atom stereocenters. The Kier molecular flexibility index (Phi) is 4.52. The Labute approximate surface area is 155 Å². The Morgan fingerprint density at radius 1 is 1.08 bits per heavy atom. The standard InChI is InChI=1S/C20H19NO2S2/c1-24-14-6-4-12(5-7-14)15-11-19(23)21-16-9-13(10-17(22)20(15)16)18-3-2-8-25-18/h2-8,13,15H,9-11H2,1H3,(H,21,23)/t13-,15-/m1/s1. The zero-order valence-corrected chi connectivity index (χ0v) is 15.6. The molecule has 2 aliphatic rings. The minimum atomic E-state index is -0.114. The summed E-state index contributed by atoms with van der Waals surface area (Å²) in [7, 11) is 0. The summed E-state index contributed by atoms with van der Waals surface area (Å²) in [5.74, 6) is 0.261. The molecule has 0 fully saturated rings. The number of hydrogen-bond donors (Lipinski definition) is 1. The van der Waals surface area contributed by atoms with Crippen molar-refractivity contribution in [2.45, 2.75) is 36.0 Å². The van der Waals surface area contributed by atoms with Gasteiger partial charge in [0.25, 0.3) is 0 Å². The van der Waals surface area contributed by atoms with Gasteiger partial charge in [0.15, 0.2) is 5.78 Å². The summed E-state index contributed by atoms with van der Waals surface area (Å²) in [5, 5.41) is 5.02. The lowest BCUT2D eigenvalue weighted by Gasteiger charge is -2.34. The first-order valence-corrected chi connectivity index (χ1v) is 10.5. The Balaban J connectivity index is 1.70. The maximum absolute atomic E-state index is 12.9. The third-order valence-electron chi connectivity index (χ3n) is 5.00. The second-order valence-electron chi connectivity index (χ2n) is 6.51. The van der Waals surface area contributed by atoms with Gasteiger partial charge >= 0.3 is 0 Å². The molecule has 1 aromatic carbocycles. The number of amides is 1. The number of benzene rings is 1. The van der Waals surface area contributed by atoms with Crippen LogP contribution < -0.4 is 5.32 Å². The van der Waals surface area contributed by atoms with Gasteiger partial charge in [-0.3, -0.25) is 9.59 Å². The van der Waals surface area contributed by atoms with Crippen LogP contribution in [0, 0.1) is 0 Å². The van der Waals surface area contributed by atoms with Crippen molar-refractivity contribution in [3.8, 4) is 0 Å². The number of Topliss-reactive ketones (excluding diaryl/α,β-unsaturated/α-hetero) is 1. The summed E-state index contributed by atoms with van der Waals surface area (Å²) in [6, 6.07) is 12.3. The number of ketones is 1. The van der Waals surface area contributed by atoms with Crippen LogP contribution in [-0.2, 0) is 9.59 Å². The summed E-state index contributed by atoms with van der Waals surface area (Å²) in [5.41, 5.74) is 2.72. The number of rotatable bonds is 3. The van der Waals surface area contributed by atoms with Gasteiger partial charge in [-0.05, 0) is 41.8 Å². The first-order chi connectivity index (χ1) is 12.2. The van der Waals surface area contributed by atoms with Crippen molar-refractivity contribution < 1.29 is 9.59 Å². The van der Waals surface area contributed by atoms with Crippen LogP contribution in [0.3, 0.4) is 0 Å². The summed E-state index contributed by atoms with van der Waals surface area (Å²) in [6.45, 7) is 0. The molecule has 0 saturated carbocycles. The second-order valence-corrected chi connectivity index (χ2v) is 8.37. The van der Waals surface area contributed by atoms with E-state index in [2.05, 4.69) is 35.6 Å². The predicted molar refractivity (Wildman–Crippen MR) is 102 cm³/mol.